The van der Waals surface area contributed by atoms with E-state index in [0.29, 0.717) is 13.0 Å². The van der Waals surface area contributed by atoms with Crippen molar-refractivity contribution >= 4 is 0 Å². The molecule has 0 bridgehead atoms. The molecule has 0 unspecified atom stereocenters. The summed E-state index contributed by atoms with van der Waals surface area (Å²) in [6.45, 7) is 6.24. The van der Waals surface area contributed by atoms with Crippen molar-refractivity contribution < 1.29 is 34.6 Å². The van der Waals surface area contributed by atoms with Gasteiger partial charge in [-0.25, -0.2) is 0 Å². The first-order valence-corrected chi connectivity index (χ1v) is 10.6. The Balaban J connectivity index is 1.80. The monoisotopic (exact) mass is 436 g/mol. The molecule has 5 atom stereocenters. The Bertz CT molecular complexity index is 822. The second-order valence-electron chi connectivity index (χ2n) is 8.06. The van der Waals surface area contributed by atoms with Crippen LogP contribution in [0.2, 0.25) is 0 Å². The van der Waals surface area contributed by atoms with Gasteiger partial charge in [-0.05, 0) is 30.0 Å². The minimum absolute atomic E-state index is 0.141. The molecule has 5 N–H and O–H groups in total. The lowest BCUT2D eigenvalue weighted by atomic mass is 9.98. The van der Waals surface area contributed by atoms with E-state index in [0.717, 1.165) is 29.0 Å². The van der Waals surface area contributed by atoms with Crippen LogP contribution in [0, 0.1) is 0 Å². The zero-order chi connectivity index (χ0) is 22.5. The Hall–Kier alpha value is -2.17. The molecule has 0 spiro atoms. The van der Waals surface area contributed by atoms with Crippen LogP contribution in [-0.2, 0) is 11.2 Å². The first-order chi connectivity index (χ1) is 14.8. The predicted octanol–water partition coefficient (Wildman–Crippen LogP) is 1.09. The number of aromatic amines is 1. The zero-order valence-corrected chi connectivity index (χ0v) is 18.1. The Kier molecular flexibility index (Phi) is 7.90. The number of benzene rings is 1. The third kappa shape index (κ3) is 5.36. The van der Waals surface area contributed by atoms with E-state index in [-0.39, 0.29) is 11.8 Å². The quantitative estimate of drug-likeness (QED) is 0.394. The fraction of sp³-hybridized carbons (Fsp3) is 0.591. The molecule has 1 saturated heterocycles. The molecular formula is C22H32N2O7. The average Bonchev–Trinajstić information content (AvgIpc) is 3.16. The smallest absolute Gasteiger partial charge is 0.238 e. The van der Waals surface area contributed by atoms with Crippen LogP contribution in [0.15, 0.2) is 24.3 Å². The molecule has 2 heterocycles. The van der Waals surface area contributed by atoms with E-state index < -0.39 is 37.3 Å². The van der Waals surface area contributed by atoms with Crippen molar-refractivity contribution in [3.8, 4) is 11.6 Å². The van der Waals surface area contributed by atoms with E-state index in [1.807, 2.05) is 38.1 Å². The molecular weight excluding hydrogens is 404 g/mol. The van der Waals surface area contributed by atoms with E-state index >= 15 is 0 Å². The summed E-state index contributed by atoms with van der Waals surface area (Å²) in [4.78, 5) is 0. The van der Waals surface area contributed by atoms with Crippen LogP contribution in [0.4, 0.5) is 0 Å². The Morgan fingerprint density at radius 1 is 1.10 bits per heavy atom. The van der Waals surface area contributed by atoms with Gasteiger partial charge in [0.2, 0.25) is 12.2 Å². The third-order valence-electron chi connectivity index (χ3n) is 5.29. The van der Waals surface area contributed by atoms with Gasteiger partial charge in [-0.2, -0.15) is 0 Å². The summed E-state index contributed by atoms with van der Waals surface area (Å²) < 4.78 is 16.9. The minimum Gasteiger partial charge on any atom is -0.494 e. The highest BCUT2D eigenvalue weighted by atomic mass is 16.7. The minimum atomic E-state index is -1.52. The van der Waals surface area contributed by atoms with Crippen molar-refractivity contribution in [2.45, 2.75) is 70.2 Å². The number of hydrogen-bond donors (Lipinski definition) is 5. The summed E-state index contributed by atoms with van der Waals surface area (Å²) in [6, 6.07) is 7.77. The topological polar surface area (TPSA) is 137 Å². The maximum Gasteiger partial charge on any atom is 0.238 e. The molecule has 0 saturated carbocycles. The molecule has 1 fully saturated rings. The van der Waals surface area contributed by atoms with Gasteiger partial charge in [-0.3, -0.25) is 5.10 Å². The summed E-state index contributed by atoms with van der Waals surface area (Å²) >= 11 is 0. The number of aliphatic hydroxyl groups excluding tert-OH is 4. The predicted molar refractivity (Wildman–Crippen MR) is 112 cm³/mol. The molecule has 1 aromatic carbocycles. The van der Waals surface area contributed by atoms with E-state index in [1.165, 1.54) is 0 Å². The molecule has 3 rings (SSSR count). The lowest BCUT2D eigenvalue weighted by Gasteiger charge is -2.39. The van der Waals surface area contributed by atoms with Gasteiger partial charge in [0.15, 0.2) is 0 Å². The van der Waals surface area contributed by atoms with Crippen molar-refractivity contribution in [2.24, 2.45) is 0 Å². The van der Waals surface area contributed by atoms with Gasteiger partial charge in [0.1, 0.15) is 30.2 Å². The van der Waals surface area contributed by atoms with E-state index in [2.05, 4.69) is 17.1 Å². The second-order valence-corrected chi connectivity index (χ2v) is 8.06. The fourth-order valence-corrected chi connectivity index (χ4v) is 3.51. The van der Waals surface area contributed by atoms with E-state index in [9.17, 15) is 20.4 Å². The summed E-state index contributed by atoms with van der Waals surface area (Å²) in [7, 11) is 0. The van der Waals surface area contributed by atoms with Crippen molar-refractivity contribution in [3.63, 3.8) is 0 Å². The lowest BCUT2D eigenvalue weighted by molar-refractivity contribution is -0.278. The molecule has 9 nitrogen and oxygen atoms in total. The maximum absolute atomic E-state index is 10.3. The Morgan fingerprint density at radius 2 is 1.81 bits per heavy atom. The van der Waals surface area contributed by atoms with Crippen LogP contribution >= 0.6 is 0 Å². The SMILES string of the molecule is CCCOc1ccc(Cc2c(O[C@@H]3O[C@H](CO)[C@@H](O)[C@H](O)[C@H]3O)n[nH]c2C(C)C)cc1. The molecule has 1 aliphatic heterocycles. The second kappa shape index (κ2) is 10.4. The highest BCUT2D eigenvalue weighted by Crippen LogP contribution is 2.31. The molecule has 1 aromatic heterocycles. The highest BCUT2D eigenvalue weighted by molar-refractivity contribution is 5.39. The van der Waals surface area contributed by atoms with Gasteiger partial charge >= 0.3 is 0 Å². The maximum atomic E-state index is 10.3. The van der Waals surface area contributed by atoms with E-state index in [4.69, 9.17) is 14.2 Å². The molecule has 0 aliphatic carbocycles. The van der Waals surface area contributed by atoms with Crippen LogP contribution in [-0.4, -0.2) is 74.5 Å². The van der Waals surface area contributed by atoms with Crippen LogP contribution in [0.25, 0.3) is 0 Å². The molecule has 1 aliphatic rings. The van der Waals surface area contributed by atoms with Crippen molar-refractivity contribution in [1.82, 2.24) is 10.2 Å². The molecule has 0 radical (unpaired) electrons. The summed E-state index contributed by atoms with van der Waals surface area (Å²) in [6.07, 6.45) is -5.34. The standard InChI is InChI=1S/C22H32N2O7/c1-4-9-29-14-7-5-13(6-8-14)10-15-17(12(2)3)23-24-21(15)31-22-20(28)19(27)18(26)16(11-25)30-22/h5-8,12,16,18-20,22,25-28H,4,9-11H2,1-3H3,(H,23,24)/t16-,18-,19+,20-,22+/m1/s1. The molecule has 172 valence electrons. The van der Waals surface area contributed by atoms with Crippen molar-refractivity contribution in [2.75, 3.05) is 13.2 Å². The molecule has 31 heavy (non-hydrogen) atoms. The fourth-order valence-electron chi connectivity index (χ4n) is 3.51. The number of aromatic nitrogens is 2. The van der Waals surface area contributed by atoms with Gasteiger partial charge in [0, 0.05) is 17.7 Å². The van der Waals surface area contributed by atoms with Crippen LogP contribution in [0.1, 0.15) is 49.9 Å². The van der Waals surface area contributed by atoms with Crippen molar-refractivity contribution in [1.29, 1.82) is 0 Å². The van der Waals surface area contributed by atoms with Gasteiger partial charge in [-0.1, -0.05) is 32.9 Å². The number of aliphatic hydroxyl groups is 4. The van der Waals surface area contributed by atoms with Gasteiger partial charge < -0.3 is 34.6 Å². The van der Waals surface area contributed by atoms with Gasteiger partial charge in [-0.15, -0.1) is 5.10 Å². The molecule has 2 aromatic rings. The summed E-state index contributed by atoms with van der Waals surface area (Å²) in [5.41, 5.74) is 2.70. The van der Waals surface area contributed by atoms with Crippen molar-refractivity contribution in [3.05, 3.63) is 41.1 Å². The van der Waals surface area contributed by atoms with E-state index in [1.54, 1.807) is 0 Å². The van der Waals surface area contributed by atoms with Crippen LogP contribution < -0.4 is 9.47 Å². The van der Waals surface area contributed by atoms with Gasteiger partial charge in [0.05, 0.1) is 13.2 Å². The summed E-state index contributed by atoms with van der Waals surface area (Å²) in [5, 5.41) is 46.9. The highest BCUT2D eigenvalue weighted by Gasteiger charge is 2.45. The van der Waals surface area contributed by atoms with Gasteiger partial charge in [0.25, 0.3) is 0 Å². The number of nitrogens with one attached hydrogen (secondary N) is 1. The number of rotatable bonds is 9. The zero-order valence-electron chi connectivity index (χ0n) is 18.1. The number of nitrogens with zero attached hydrogens (tertiary/aromatic N) is 1. The number of H-pyrrole nitrogens is 1. The lowest BCUT2D eigenvalue weighted by Crippen LogP contribution is -2.60. The molecule has 0 amide bonds. The Morgan fingerprint density at radius 3 is 2.42 bits per heavy atom. The largest absolute Gasteiger partial charge is 0.494 e. The number of ether oxygens (including phenoxy) is 3. The summed E-state index contributed by atoms with van der Waals surface area (Å²) in [5.74, 6) is 1.18. The average molecular weight is 437 g/mol. The first kappa shape index (κ1) is 23.5. The number of hydrogen-bond acceptors (Lipinski definition) is 8. The Labute approximate surface area is 181 Å². The first-order valence-electron chi connectivity index (χ1n) is 10.6. The van der Waals surface area contributed by atoms with Crippen LogP contribution in [0.3, 0.4) is 0 Å². The van der Waals surface area contributed by atoms with Crippen LogP contribution in [0.5, 0.6) is 11.6 Å². The normalized spacial score (nSPS) is 26.3. The molecule has 9 heteroatoms. The third-order valence-corrected chi connectivity index (χ3v) is 5.29.